The van der Waals surface area contributed by atoms with Crippen LogP contribution in [0.2, 0.25) is 0 Å². The second-order valence-corrected chi connectivity index (χ2v) is 12.4. The van der Waals surface area contributed by atoms with E-state index in [9.17, 15) is 14.4 Å². The van der Waals surface area contributed by atoms with Gasteiger partial charge in [0.15, 0.2) is 5.76 Å². The quantitative estimate of drug-likeness (QED) is 0.142. The number of furan rings is 1. The second-order valence-electron chi connectivity index (χ2n) is 12.4. The van der Waals surface area contributed by atoms with Crippen LogP contribution in [0, 0.1) is 20.8 Å². The first kappa shape index (κ1) is 32.5. The molecular formula is C38H43N3O5. The lowest BCUT2D eigenvalue weighted by Crippen LogP contribution is -2.41. The predicted molar refractivity (Wildman–Crippen MR) is 179 cm³/mol. The standard InChI is InChI=1S/C38H43N3O5/c1-25-21-26(2)34(27(3)22-25)23-33-17-18-35(46-33)38(45)40-41(32-15-13-30(14-16-32)29-7-5-4-6-8-29)24-28-9-11-31(12-10-28)37(44)39-20-19-36(42)43/h9-18,21-22,29H,4-8,19-20,23-24H2,1-3H3,(H,39,44)(H,40,45)(H,42,43). The van der Waals surface area contributed by atoms with Gasteiger partial charge in [-0.25, -0.2) is 0 Å². The van der Waals surface area contributed by atoms with Crippen LogP contribution in [0.3, 0.4) is 0 Å². The highest BCUT2D eigenvalue weighted by Crippen LogP contribution is 2.33. The minimum absolute atomic E-state index is 0.0608. The molecule has 5 rings (SSSR count). The van der Waals surface area contributed by atoms with E-state index >= 15 is 0 Å². The zero-order valence-corrected chi connectivity index (χ0v) is 26.9. The number of hydrogen-bond acceptors (Lipinski definition) is 5. The van der Waals surface area contributed by atoms with Crippen molar-refractivity contribution < 1.29 is 23.9 Å². The third-order valence-corrected chi connectivity index (χ3v) is 8.78. The summed E-state index contributed by atoms with van der Waals surface area (Å²) in [4.78, 5) is 36.7. The average molecular weight is 622 g/mol. The fraction of sp³-hybridized carbons (Fsp3) is 0.342. The number of hydrazine groups is 1. The van der Waals surface area contributed by atoms with Gasteiger partial charge in [-0.1, -0.05) is 61.2 Å². The molecule has 8 heteroatoms. The van der Waals surface area contributed by atoms with E-state index in [1.165, 1.54) is 59.9 Å². The number of carboxylic acids is 1. The van der Waals surface area contributed by atoms with Crippen LogP contribution >= 0.6 is 0 Å². The summed E-state index contributed by atoms with van der Waals surface area (Å²) in [6, 6.07) is 23.4. The number of aryl methyl sites for hydroxylation is 3. The number of rotatable bonds is 12. The van der Waals surface area contributed by atoms with Gasteiger partial charge in [-0.3, -0.25) is 24.8 Å². The van der Waals surface area contributed by atoms with E-state index < -0.39 is 5.97 Å². The molecule has 0 atom stereocenters. The van der Waals surface area contributed by atoms with Crippen molar-refractivity contribution in [1.29, 1.82) is 0 Å². The molecule has 3 N–H and O–H groups in total. The predicted octanol–water partition coefficient (Wildman–Crippen LogP) is 7.40. The number of benzene rings is 3. The van der Waals surface area contributed by atoms with Gasteiger partial charge >= 0.3 is 11.9 Å². The number of nitrogens with one attached hydrogen (secondary N) is 2. The van der Waals surface area contributed by atoms with Gasteiger partial charge in [0.2, 0.25) is 0 Å². The van der Waals surface area contributed by atoms with Crippen molar-refractivity contribution in [2.75, 3.05) is 11.6 Å². The molecule has 3 aromatic carbocycles. The van der Waals surface area contributed by atoms with E-state index in [1.54, 1.807) is 23.2 Å². The van der Waals surface area contributed by atoms with Crippen LogP contribution in [0.25, 0.3) is 0 Å². The van der Waals surface area contributed by atoms with Gasteiger partial charge in [-0.05, 0) is 104 Å². The van der Waals surface area contributed by atoms with Gasteiger partial charge in [0, 0.05) is 18.5 Å². The zero-order valence-electron chi connectivity index (χ0n) is 26.9. The molecule has 1 fully saturated rings. The van der Waals surface area contributed by atoms with Crippen LogP contribution in [0.5, 0.6) is 0 Å². The molecule has 46 heavy (non-hydrogen) atoms. The van der Waals surface area contributed by atoms with Gasteiger partial charge in [0.1, 0.15) is 5.76 Å². The van der Waals surface area contributed by atoms with Gasteiger partial charge in [0.05, 0.1) is 18.7 Å². The Bertz CT molecular complexity index is 1640. The second kappa shape index (κ2) is 15.0. The molecule has 1 aliphatic carbocycles. The number of carbonyl (C=O) groups is 3. The highest BCUT2D eigenvalue weighted by atomic mass is 16.4. The first-order valence-electron chi connectivity index (χ1n) is 16.1. The van der Waals surface area contributed by atoms with Gasteiger partial charge in [-0.2, -0.15) is 0 Å². The van der Waals surface area contributed by atoms with E-state index in [1.807, 2.05) is 30.3 Å². The highest BCUT2D eigenvalue weighted by Gasteiger charge is 2.20. The summed E-state index contributed by atoms with van der Waals surface area (Å²) in [5.74, 6) is -0.125. The van der Waals surface area contributed by atoms with Crippen molar-refractivity contribution in [3.8, 4) is 0 Å². The summed E-state index contributed by atoms with van der Waals surface area (Å²) in [5, 5.41) is 13.2. The average Bonchev–Trinajstić information content (AvgIpc) is 3.52. The number of aliphatic carboxylic acids is 1. The Kier molecular flexibility index (Phi) is 10.6. The first-order chi connectivity index (χ1) is 22.2. The van der Waals surface area contributed by atoms with Crippen LogP contribution in [0.1, 0.15) is 104 Å². The van der Waals surface area contributed by atoms with Crippen LogP contribution in [0.4, 0.5) is 5.69 Å². The molecule has 0 unspecified atom stereocenters. The Morgan fingerprint density at radius 3 is 2.17 bits per heavy atom. The fourth-order valence-electron chi connectivity index (χ4n) is 6.32. The summed E-state index contributed by atoms with van der Waals surface area (Å²) in [6.07, 6.45) is 6.70. The van der Waals surface area contributed by atoms with Crippen LogP contribution < -0.4 is 15.8 Å². The molecule has 2 amide bonds. The molecule has 240 valence electrons. The maximum atomic E-state index is 13.5. The van der Waals surface area contributed by atoms with Crippen LogP contribution in [-0.4, -0.2) is 29.4 Å². The number of nitrogens with zero attached hydrogens (tertiary/aromatic N) is 1. The summed E-state index contributed by atoms with van der Waals surface area (Å²) in [7, 11) is 0. The molecule has 0 spiro atoms. The van der Waals surface area contributed by atoms with Crippen molar-refractivity contribution in [1.82, 2.24) is 10.7 Å². The highest BCUT2D eigenvalue weighted by molar-refractivity contribution is 5.94. The molecule has 1 saturated carbocycles. The van der Waals surface area contributed by atoms with E-state index in [0.29, 0.717) is 24.4 Å². The molecule has 0 bridgehead atoms. The van der Waals surface area contributed by atoms with Gasteiger partial charge in [0.25, 0.3) is 5.91 Å². The first-order valence-corrected chi connectivity index (χ1v) is 16.1. The Labute approximate surface area is 270 Å². The molecule has 4 aromatic rings. The lowest BCUT2D eigenvalue weighted by Gasteiger charge is -2.27. The third kappa shape index (κ3) is 8.44. The minimum Gasteiger partial charge on any atom is -0.481 e. The lowest BCUT2D eigenvalue weighted by molar-refractivity contribution is -0.136. The van der Waals surface area contributed by atoms with E-state index in [4.69, 9.17) is 9.52 Å². The summed E-state index contributed by atoms with van der Waals surface area (Å²) >= 11 is 0. The fourth-order valence-corrected chi connectivity index (χ4v) is 6.32. The zero-order chi connectivity index (χ0) is 32.6. The smallest absolute Gasteiger partial charge is 0.305 e. The monoisotopic (exact) mass is 621 g/mol. The van der Waals surface area contributed by atoms with Crippen molar-refractivity contribution >= 4 is 23.5 Å². The SMILES string of the molecule is Cc1cc(C)c(Cc2ccc(C(=O)NN(Cc3ccc(C(=O)NCCC(=O)O)cc3)c3ccc(C4CCCCC4)cc3)o2)c(C)c1. The molecular weight excluding hydrogens is 578 g/mol. The molecule has 0 saturated heterocycles. The van der Waals surface area contributed by atoms with Crippen LogP contribution in [-0.2, 0) is 17.8 Å². The molecule has 8 nitrogen and oxygen atoms in total. The van der Waals surface area contributed by atoms with E-state index in [2.05, 4.69) is 55.8 Å². The third-order valence-electron chi connectivity index (χ3n) is 8.78. The largest absolute Gasteiger partial charge is 0.481 e. The number of amides is 2. The summed E-state index contributed by atoms with van der Waals surface area (Å²) in [5.41, 5.74) is 11.3. The Morgan fingerprint density at radius 1 is 0.848 bits per heavy atom. The maximum absolute atomic E-state index is 13.5. The summed E-state index contributed by atoms with van der Waals surface area (Å²) in [6.45, 7) is 6.70. The number of carboxylic acid groups (broad SMARTS) is 1. The van der Waals surface area contributed by atoms with Crippen molar-refractivity contribution in [2.24, 2.45) is 0 Å². The molecule has 1 aromatic heterocycles. The Morgan fingerprint density at radius 2 is 1.52 bits per heavy atom. The normalized spacial score (nSPS) is 13.3. The maximum Gasteiger partial charge on any atom is 0.305 e. The number of carbonyl (C=O) groups excluding carboxylic acids is 2. The molecule has 0 aliphatic heterocycles. The number of hydrogen-bond donors (Lipinski definition) is 3. The Hall–Kier alpha value is -4.85. The lowest BCUT2D eigenvalue weighted by atomic mass is 9.84. The topological polar surface area (TPSA) is 112 Å². The molecule has 1 aliphatic rings. The Balaban J connectivity index is 1.32. The van der Waals surface area contributed by atoms with Crippen molar-refractivity contribution in [2.45, 2.75) is 78.2 Å². The minimum atomic E-state index is -0.966. The van der Waals surface area contributed by atoms with Crippen molar-refractivity contribution in [3.05, 3.63) is 123 Å². The molecule has 1 heterocycles. The van der Waals surface area contributed by atoms with Gasteiger partial charge in [-0.15, -0.1) is 0 Å². The molecule has 0 radical (unpaired) electrons. The summed E-state index contributed by atoms with van der Waals surface area (Å²) < 4.78 is 6.04. The van der Waals surface area contributed by atoms with Crippen molar-refractivity contribution in [3.63, 3.8) is 0 Å². The van der Waals surface area contributed by atoms with E-state index in [-0.39, 0.29) is 30.5 Å². The van der Waals surface area contributed by atoms with Gasteiger partial charge < -0.3 is 14.8 Å². The number of anilines is 1. The van der Waals surface area contributed by atoms with Crippen LogP contribution in [0.15, 0.2) is 77.2 Å². The van der Waals surface area contributed by atoms with E-state index in [0.717, 1.165) is 17.0 Å².